The van der Waals surface area contributed by atoms with E-state index in [9.17, 15) is 19.2 Å². The van der Waals surface area contributed by atoms with Crippen LogP contribution in [-0.2, 0) is 14.4 Å². The van der Waals surface area contributed by atoms with Crippen molar-refractivity contribution in [3.63, 3.8) is 0 Å². The Morgan fingerprint density at radius 1 is 0.865 bits per heavy atom. The van der Waals surface area contributed by atoms with Crippen molar-refractivity contribution in [3.8, 4) is 5.75 Å². The topological polar surface area (TPSA) is 84.0 Å². The van der Waals surface area contributed by atoms with Crippen LogP contribution in [0.2, 0.25) is 0 Å². The molecule has 0 aromatic heterocycles. The number of fused-ring (bicyclic) bond motifs is 5. The van der Waals surface area contributed by atoms with Crippen LogP contribution in [0.1, 0.15) is 34.5 Å². The van der Waals surface area contributed by atoms with E-state index in [1.807, 2.05) is 41.4 Å². The van der Waals surface area contributed by atoms with E-state index < -0.39 is 29.9 Å². The number of nitrogens with zero attached hydrogens (tertiary/aromatic N) is 2. The predicted molar refractivity (Wildman–Crippen MR) is 140 cm³/mol. The number of ether oxygens (including phenoxy) is 1. The molecule has 4 atom stereocenters. The fourth-order valence-corrected chi connectivity index (χ4v) is 5.99. The van der Waals surface area contributed by atoms with E-state index in [-0.39, 0.29) is 17.6 Å². The van der Waals surface area contributed by atoms with Gasteiger partial charge in [-0.15, -0.1) is 0 Å². The molecule has 0 unspecified atom stereocenters. The lowest BCUT2D eigenvalue weighted by Gasteiger charge is -2.35. The van der Waals surface area contributed by atoms with E-state index in [1.165, 1.54) is 11.8 Å². The van der Waals surface area contributed by atoms with E-state index in [4.69, 9.17) is 4.74 Å². The van der Waals surface area contributed by atoms with Crippen LogP contribution in [0.4, 0.5) is 5.69 Å². The lowest BCUT2D eigenvalue weighted by atomic mass is 9.83. The van der Waals surface area contributed by atoms with Gasteiger partial charge in [0.15, 0.2) is 5.78 Å². The maximum atomic E-state index is 14.0. The summed E-state index contributed by atoms with van der Waals surface area (Å²) in [5.41, 5.74) is 2.73. The number of benzene rings is 3. The summed E-state index contributed by atoms with van der Waals surface area (Å²) in [6.07, 6.45) is 3.74. The number of anilines is 1. The number of hydrogen-bond donors (Lipinski definition) is 0. The molecular formula is C29H21BrN2O5. The van der Waals surface area contributed by atoms with Crippen molar-refractivity contribution in [2.24, 2.45) is 11.8 Å². The highest BCUT2D eigenvalue weighted by Crippen LogP contribution is 2.53. The van der Waals surface area contributed by atoms with Crippen molar-refractivity contribution in [2.45, 2.75) is 19.0 Å². The number of esters is 1. The summed E-state index contributed by atoms with van der Waals surface area (Å²) in [6.45, 7) is 1.30. The second kappa shape index (κ2) is 8.81. The van der Waals surface area contributed by atoms with Crippen molar-refractivity contribution >= 4 is 51.3 Å². The first-order valence-corrected chi connectivity index (χ1v) is 12.6. The Kier molecular flexibility index (Phi) is 5.56. The van der Waals surface area contributed by atoms with Crippen molar-refractivity contribution in [2.75, 3.05) is 4.90 Å². The predicted octanol–water partition coefficient (Wildman–Crippen LogP) is 4.77. The molecule has 2 saturated heterocycles. The minimum Gasteiger partial charge on any atom is -0.427 e. The van der Waals surface area contributed by atoms with Gasteiger partial charge in [0.1, 0.15) is 11.8 Å². The molecule has 6 rings (SSSR count). The standard InChI is InChI=1S/C29H21BrN2O5/c1-16(33)37-21-12-6-18(7-13-21)27(34)26-24-23(25-22-5-3-2-4-17(22)14-15-31(25)26)28(35)32(29(24)36)20-10-8-19(30)9-11-20/h2-15,23-26H,1H3/t23-,24-,25+,26+/m0/s1. The maximum absolute atomic E-state index is 14.0. The molecule has 3 heterocycles. The van der Waals surface area contributed by atoms with Gasteiger partial charge in [0.25, 0.3) is 0 Å². The van der Waals surface area contributed by atoms with Crippen LogP contribution < -0.4 is 9.64 Å². The third-order valence-corrected chi connectivity index (χ3v) is 7.74. The molecule has 8 heteroatoms. The first-order chi connectivity index (χ1) is 17.8. The van der Waals surface area contributed by atoms with Gasteiger partial charge in [-0.3, -0.25) is 19.2 Å². The average molecular weight is 557 g/mol. The molecule has 7 nitrogen and oxygen atoms in total. The third kappa shape index (κ3) is 3.71. The smallest absolute Gasteiger partial charge is 0.308 e. The molecular weight excluding hydrogens is 536 g/mol. The lowest BCUT2D eigenvalue weighted by molar-refractivity contribution is -0.132. The first kappa shape index (κ1) is 23.4. The number of carbonyl (C=O) groups is 4. The van der Waals surface area contributed by atoms with E-state index in [0.717, 1.165) is 15.6 Å². The Balaban J connectivity index is 1.44. The number of rotatable bonds is 4. The van der Waals surface area contributed by atoms with E-state index in [0.29, 0.717) is 17.0 Å². The molecule has 2 amide bonds. The molecule has 184 valence electrons. The van der Waals surface area contributed by atoms with Crippen molar-refractivity contribution in [3.05, 3.63) is 100 Å². The third-order valence-electron chi connectivity index (χ3n) is 7.22. The van der Waals surface area contributed by atoms with Gasteiger partial charge in [0.05, 0.1) is 23.6 Å². The molecule has 3 aromatic carbocycles. The maximum Gasteiger partial charge on any atom is 0.308 e. The number of Topliss-reactive ketones (excluding diaryl/α,β-unsaturated/α-hetero) is 1. The van der Waals surface area contributed by atoms with Gasteiger partial charge in [-0.05, 0) is 65.7 Å². The molecule has 0 radical (unpaired) electrons. The van der Waals surface area contributed by atoms with Gasteiger partial charge in [-0.2, -0.15) is 0 Å². The summed E-state index contributed by atoms with van der Waals surface area (Å²) < 4.78 is 5.92. The van der Waals surface area contributed by atoms with Gasteiger partial charge in [-0.1, -0.05) is 40.2 Å². The average Bonchev–Trinajstić information content (AvgIpc) is 3.37. The van der Waals surface area contributed by atoms with Crippen LogP contribution >= 0.6 is 15.9 Å². The fourth-order valence-electron chi connectivity index (χ4n) is 5.73. The molecule has 0 bridgehead atoms. The zero-order valence-corrected chi connectivity index (χ0v) is 21.3. The molecule has 0 spiro atoms. The summed E-state index contributed by atoms with van der Waals surface area (Å²) in [7, 11) is 0. The Morgan fingerprint density at radius 2 is 1.54 bits per heavy atom. The minimum absolute atomic E-state index is 0.269. The van der Waals surface area contributed by atoms with E-state index in [1.54, 1.807) is 48.5 Å². The van der Waals surface area contributed by atoms with Crippen LogP contribution in [0.5, 0.6) is 5.75 Å². The first-order valence-electron chi connectivity index (χ1n) is 11.9. The zero-order valence-electron chi connectivity index (χ0n) is 19.7. The SMILES string of the molecule is CC(=O)Oc1ccc(C(=O)[C@H]2[C@H]3C(=O)N(c4ccc(Br)cc4)C(=O)[C@@H]3[C@H]3c4ccccc4C=CN32)cc1. The monoisotopic (exact) mass is 556 g/mol. The van der Waals surface area contributed by atoms with Gasteiger partial charge < -0.3 is 9.64 Å². The second-order valence-electron chi connectivity index (χ2n) is 9.30. The molecule has 3 aliphatic rings. The van der Waals surface area contributed by atoms with Crippen LogP contribution in [0, 0.1) is 11.8 Å². The van der Waals surface area contributed by atoms with Gasteiger partial charge in [0.2, 0.25) is 11.8 Å². The van der Waals surface area contributed by atoms with Gasteiger partial charge >= 0.3 is 5.97 Å². The molecule has 0 aliphatic carbocycles. The molecule has 3 aromatic rings. The number of ketones is 1. The lowest BCUT2D eigenvalue weighted by Crippen LogP contribution is -2.44. The summed E-state index contributed by atoms with van der Waals surface area (Å²) in [6, 6.07) is 19.7. The normalized spacial score (nSPS) is 23.5. The molecule has 37 heavy (non-hydrogen) atoms. The second-order valence-corrected chi connectivity index (χ2v) is 10.2. The highest BCUT2D eigenvalue weighted by atomic mass is 79.9. The Bertz CT molecular complexity index is 1480. The quantitative estimate of drug-likeness (QED) is 0.199. The van der Waals surface area contributed by atoms with E-state index >= 15 is 0 Å². The number of amides is 2. The van der Waals surface area contributed by atoms with E-state index in [2.05, 4.69) is 15.9 Å². The summed E-state index contributed by atoms with van der Waals surface area (Å²) in [5, 5.41) is 0. The minimum atomic E-state index is -0.865. The number of imide groups is 1. The molecule has 2 fully saturated rings. The number of carbonyl (C=O) groups excluding carboxylic acids is 4. The van der Waals surface area contributed by atoms with Gasteiger partial charge in [0, 0.05) is 23.2 Å². The number of hydrogen-bond acceptors (Lipinski definition) is 6. The van der Waals surface area contributed by atoms with Gasteiger partial charge in [-0.25, -0.2) is 4.90 Å². The molecule has 0 N–H and O–H groups in total. The van der Waals surface area contributed by atoms with Crippen molar-refractivity contribution in [1.29, 1.82) is 0 Å². The highest BCUT2D eigenvalue weighted by molar-refractivity contribution is 9.10. The van der Waals surface area contributed by atoms with Crippen LogP contribution in [0.3, 0.4) is 0 Å². The van der Waals surface area contributed by atoms with Crippen LogP contribution in [-0.4, -0.2) is 34.5 Å². The Hall–Kier alpha value is -4.04. The highest BCUT2D eigenvalue weighted by Gasteiger charge is 2.64. The van der Waals surface area contributed by atoms with Crippen LogP contribution in [0.25, 0.3) is 6.08 Å². The Labute approximate surface area is 221 Å². The zero-order chi connectivity index (χ0) is 25.8. The largest absolute Gasteiger partial charge is 0.427 e. The van der Waals surface area contributed by atoms with Crippen LogP contribution in [0.15, 0.2) is 83.5 Å². The summed E-state index contributed by atoms with van der Waals surface area (Å²) in [5.74, 6) is -2.65. The summed E-state index contributed by atoms with van der Waals surface area (Å²) in [4.78, 5) is 56.1. The molecule has 0 saturated carbocycles. The fraction of sp³-hybridized carbons (Fsp3) is 0.172. The molecule has 3 aliphatic heterocycles. The van der Waals surface area contributed by atoms with Crippen molar-refractivity contribution < 1.29 is 23.9 Å². The Morgan fingerprint density at radius 3 is 2.24 bits per heavy atom. The summed E-state index contributed by atoms with van der Waals surface area (Å²) >= 11 is 3.39. The van der Waals surface area contributed by atoms with Crippen molar-refractivity contribution in [1.82, 2.24) is 4.90 Å². The number of halogens is 1.